The lowest BCUT2D eigenvalue weighted by Gasteiger charge is -2.15. The molecule has 0 saturated carbocycles. The molecular weight excluding hydrogens is 364 g/mol. The number of thiophene rings is 1. The number of nitrogens with one attached hydrogen (secondary N) is 1. The van der Waals surface area contributed by atoms with Gasteiger partial charge in [-0.2, -0.15) is 5.01 Å². The van der Waals surface area contributed by atoms with Crippen LogP contribution in [-0.4, -0.2) is 28.3 Å². The van der Waals surface area contributed by atoms with Gasteiger partial charge in [0, 0.05) is 10.4 Å². The molecular formula is C16H12N2O3S3. The molecule has 0 aliphatic carbocycles. The van der Waals surface area contributed by atoms with Gasteiger partial charge in [-0.3, -0.25) is 15.0 Å². The summed E-state index contributed by atoms with van der Waals surface area (Å²) in [7, 11) is 1.55. The van der Waals surface area contributed by atoms with Crippen LogP contribution in [0.5, 0.6) is 5.75 Å². The summed E-state index contributed by atoms with van der Waals surface area (Å²) in [5.74, 6) is -0.0948. The molecule has 2 heterocycles. The summed E-state index contributed by atoms with van der Waals surface area (Å²) in [6, 6.07) is 10.4. The predicted molar refractivity (Wildman–Crippen MR) is 99.8 cm³/mol. The van der Waals surface area contributed by atoms with Crippen molar-refractivity contribution in [2.24, 2.45) is 0 Å². The van der Waals surface area contributed by atoms with E-state index >= 15 is 0 Å². The number of hydrogen-bond acceptors (Lipinski definition) is 6. The van der Waals surface area contributed by atoms with E-state index in [0.29, 0.717) is 20.5 Å². The van der Waals surface area contributed by atoms with Crippen LogP contribution < -0.4 is 10.2 Å². The van der Waals surface area contributed by atoms with Crippen molar-refractivity contribution in [2.75, 3.05) is 7.11 Å². The Labute approximate surface area is 152 Å². The molecule has 0 spiro atoms. The largest absolute Gasteiger partial charge is 0.497 e. The van der Waals surface area contributed by atoms with Gasteiger partial charge in [0.15, 0.2) is 4.32 Å². The first kappa shape index (κ1) is 16.7. The summed E-state index contributed by atoms with van der Waals surface area (Å²) in [4.78, 5) is 26.2. The highest BCUT2D eigenvalue weighted by molar-refractivity contribution is 8.26. The number of nitrogens with zero attached hydrogens (tertiary/aromatic N) is 1. The molecule has 122 valence electrons. The van der Waals surface area contributed by atoms with Gasteiger partial charge in [-0.15, -0.1) is 11.3 Å². The molecule has 2 amide bonds. The third kappa shape index (κ3) is 3.50. The van der Waals surface area contributed by atoms with Crippen LogP contribution in [0.4, 0.5) is 0 Å². The number of amides is 2. The first-order valence-corrected chi connectivity index (χ1v) is 8.95. The van der Waals surface area contributed by atoms with Gasteiger partial charge in [0.25, 0.3) is 11.8 Å². The molecule has 24 heavy (non-hydrogen) atoms. The molecule has 1 aliphatic rings. The minimum Gasteiger partial charge on any atom is -0.497 e. The van der Waals surface area contributed by atoms with Crippen molar-refractivity contribution in [1.29, 1.82) is 0 Å². The third-order valence-corrected chi connectivity index (χ3v) is 5.30. The topological polar surface area (TPSA) is 58.6 Å². The Morgan fingerprint density at radius 1 is 1.29 bits per heavy atom. The van der Waals surface area contributed by atoms with Gasteiger partial charge in [0.1, 0.15) is 5.75 Å². The number of ether oxygens (including phenoxy) is 1. The van der Waals surface area contributed by atoms with Gasteiger partial charge in [-0.1, -0.05) is 17.8 Å². The lowest BCUT2D eigenvalue weighted by atomic mass is 10.2. The van der Waals surface area contributed by atoms with Gasteiger partial charge >= 0.3 is 0 Å². The number of carbonyl (C=O) groups excluding carboxylic acids is 2. The molecule has 0 radical (unpaired) electrons. The van der Waals surface area contributed by atoms with Crippen molar-refractivity contribution >= 4 is 57.5 Å². The molecule has 2 aromatic rings. The smallest absolute Gasteiger partial charge is 0.285 e. The van der Waals surface area contributed by atoms with Crippen molar-refractivity contribution in [3.05, 3.63) is 57.1 Å². The second-order valence-electron chi connectivity index (χ2n) is 4.70. The zero-order valence-corrected chi connectivity index (χ0v) is 15.0. The summed E-state index contributed by atoms with van der Waals surface area (Å²) in [5, 5.41) is 3.03. The number of carbonyl (C=O) groups is 2. The van der Waals surface area contributed by atoms with Gasteiger partial charge < -0.3 is 4.74 Å². The first-order valence-electron chi connectivity index (χ1n) is 6.85. The Hall–Kier alpha value is -2.16. The van der Waals surface area contributed by atoms with E-state index in [1.807, 2.05) is 17.5 Å². The second-order valence-corrected chi connectivity index (χ2v) is 7.36. The number of hydrogen-bond donors (Lipinski definition) is 1. The fourth-order valence-electron chi connectivity index (χ4n) is 1.98. The van der Waals surface area contributed by atoms with Crippen molar-refractivity contribution in [3.63, 3.8) is 0 Å². The minimum atomic E-state index is -0.411. The average Bonchev–Trinajstić information content (AvgIpc) is 3.19. The highest BCUT2D eigenvalue weighted by Gasteiger charge is 2.33. The van der Waals surface area contributed by atoms with Gasteiger partial charge in [-0.05, 0) is 54.0 Å². The van der Waals surface area contributed by atoms with Crippen LogP contribution in [0, 0.1) is 0 Å². The molecule has 1 saturated heterocycles. The SMILES string of the molecule is COc1ccc(C(=O)NN2C(=O)C(=Cc3cccs3)SC2=S)cc1. The van der Waals surface area contributed by atoms with E-state index in [-0.39, 0.29) is 5.91 Å². The van der Waals surface area contributed by atoms with E-state index < -0.39 is 5.91 Å². The highest BCUT2D eigenvalue weighted by Crippen LogP contribution is 2.32. The molecule has 1 aliphatic heterocycles. The molecule has 1 fully saturated rings. The maximum Gasteiger partial charge on any atom is 0.285 e. The fraction of sp³-hybridized carbons (Fsp3) is 0.0625. The maximum atomic E-state index is 12.4. The fourth-order valence-corrected chi connectivity index (χ4v) is 3.88. The van der Waals surface area contributed by atoms with Crippen LogP contribution in [0.1, 0.15) is 15.2 Å². The van der Waals surface area contributed by atoms with Crippen LogP contribution in [-0.2, 0) is 4.79 Å². The number of benzene rings is 1. The molecule has 5 nitrogen and oxygen atoms in total. The van der Waals surface area contributed by atoms with E-state index in [9.17, 15) is 9.59 Å². The lowest BCUT2D eigenvalue weighted by molar-refractivity contribution is -0.123. The van der Waals surface area contributed by atoms with E-state index in [4.69, 9.17) is 17.0 Å². The molecule has 0 bridgehead atoms. The summed E-state index contributed by atoms with van der Waals surface area (Å²) in [5.41, 5.74) is 2.96. The second kappa shape index (κ2) is 7.16. The number of rotatable bonds is 4. The number of thiocarbonyl (C=S) groups is 1. The molecule has 1 aromatic carbocycles. The highest BCUT2D eigenvalue weighted by atomic mass is 32.2. The van der Waals surface area contributed by atoms with Crippen LogP contribution in [0.15, 0.2) is 46.7 Å². The Morgan fingerprint density at radius 3 is 2.67 bits per heavy atom. The summed E-state index contributed by atoms with van der Waals surface area (Å²) in [6.45, 7) is 0. The molecule has 0 atom stereocenters. The van der Waals surface area contributed by atoms with Crippen molar-refractivity contribution in [3.8, 4) is 5.75 Å². The zero-order chi connectivity index (χ0) is 17.1. The van der Waals surface area contributed by atoms with Crippen LogP contribution in [0.3, 0.4) is 0 Å². The average molecular weight is 376 g/mol. The van der Waals surface area contributed by atoms with Gasteiger partial charge in [0.2, 0.25) is 0 Å². The number of methoxy groups -OCH3 is 1. The van der Waals surface area contributed by atoms with Crippen LogP contribution >= 0.6 is 35.3 Å². The summed E-state index contributed by atoms with van der Waals surface area (Å²) < 4.78 is 5.35. The van der Waals surface area contributed by atoms with E-state index in [1.54, 1.807) is 37.5 Å². The Kier molecular flexibility index (Phi) is 4.98. The monoisotopic (exact) mass is 376 g/mol. The van der Waals surface area contributed by atoms with Crippen molar-refractivity contribution < 1.29 is 14.3 Å². The predicted octanol–water partition coefficient (Wildman–Crippen LogP) is 3.30. The van der Waals surface area contributed by atoms with Crippen LogP contribution in [0.2, 0.25) is 0 Å². The Balaban J connectivity index is 1.73. The Morgan fingerprint density at radius 2 is 2.04 bits per heavy atom. The molecule has 8 heteroatoms. The Bertz CT molecular complexity index is 814. The summed E-state index contributed by atoms with van der Waals surface area (Å²) >= 11 is 7.88. The van der Waals surface area contributed by atoms with Crippen molar-refractivity contribution in [1.82, 2.24) is 10.4 Å². The molecule has 1 N–H and O–H groups in total. The molecule has 0 unspecified atom stereocenters. The van der Waals surface area contributed by atoms with E-state index in [0.717, 1.165) is 21.6 Å². The van der Waals surface area contributed by atoms with Gasteiger partial charge in [-0.25, -0.2) is 0 Å². The maximum absolute atomic E-state index is 12.4. The van der Waals surface area contributed by atoms with Gasteiger partial charge in [0.05, 0.1) is 12.0 Å². The normalized spacial score (nSPS) is 15.9. The standard InChI is InChI=1S/C16H12N2O3S3/c1-21-11-6-4-10(5-7-11)14(19)17-18-15(20)13(24-16(18)22)9-12-3-2-8-23-12/h2-9H,1H3,(H,17,19). The minimum absolute atomic E-state index is 0.296. The first-order chi connectivity index (χ1) is 11.6. The third-order valence-electron chi connectivity index (χ3n) is 3.18. The number of hydrazine groups is 1. The molecule has 3 rings (SSSR count). The van der Waals surface area contributed by atoms with E-state index in [1.165, 1.54) is 11.3 Å². The van der Waals surface area contributed by atoms with E-state index in [2.05, 4.69) is 5.43 Å². The van der Waals surface area contributed by atoms with Crippen LogP contribution in [0.25, 0.3) is 6.08 Å². The van der Waals surface area contributed by atoms with Crippen molar-refractivity contribution in [2.45, 2.75) is 0 Å². The molecule has 1 aromatic heterocycles. The lowest BCUT2D eigenvalue weighted by Crippen LogP contribution is -2.44. The quantitative estimate of drug-likeness (QED) is 0.655. The zero-order valence-electron chi connectivity index (χ0n) is 12.5. The summed E-state index contributed by atoms with van der Waals surface area (Å²) in [6.07, 6.45) is 1.77. The number of thioether (sulfide) groups is 1.